The first-order valence-electron chi connectivity index (χ1n) is 7.95. The summed E-state index contributed by atoms with van der Waals surface area (Å²) in [4.78, 5) is 25.5. The Morgan fingerprint density at radius 1 is 1.00 bits per heavy atom. The minimum Gasteiger partial charge on any atom is -0.273 e. The van der Waals surface area contributed by atoms with Gasteiger partial charge in [-0.2, -0.15) is 19.9 Å². The van der Waals surface area contributed by atoms with E-state index in [4.69, 9.17) is 0 Å². The van der Waals surface area contributed by atoms with Crippen molar-refractivity contribution in [3.05, 3.63) is 82.8 Å². The Kier molecular flexibility index (Phi) is 4.14. The highest BCUT2D eigenvalue weighted by Crippen LogP contribution is 2.35. The standard InChI is InChI=1S/C19H14N4O2S/c1-13(24)22-16-12-20-23(15-10-6-3-7-11-15)19(25)17(16)26-18(21-22)14-8-4-2-5-9-14/h2-12H,1H3. The molecule has 6 nitrogen and oxygen atoms in total. The van der Waals surface area contributed by atoms with Crippen molar-refractivity contribution in [1.29, 1.82) is 0 Å². The number of fused-ring (bicyclic) bond motifs is 1. The minimum absolute atomic E-state index is 0.279. The molecule has 26 heavy (non-hydrogen) atoms. The number of hydrogen-bond acceptors (Lipinski definition) is 5. The molecular weight excluding hydrogens is 348 g/mol. The summed E-state index contributed by atoms with van der Waals surface area (Å²) in [5.41, 5.74) is 1.63. The highest BCUT2D eigenvalue weighted by molar-refractivity contribution is 8.14. The molecular formula is C19H14N4O2S. The Labute approximate surface area is 153 Å². The topological polar surface area (TPSA) is 67.6 Å². The second-order valence-corrected chi connectivity index (χ2v) is 6.61. The Morgan fingerprint density at radius 2 is 1.65 bits per heavy atom. The van der Waals surface area contributed by atoms with Crippen molar-refractivity contribution in [2.45, 2.75) is 11.8 Å². The molecule has 0 saturated heterocycles. The largest absolute Gasteiger partial charge is 0.287 e. The smallest absolute Gasteiger partial charge is 0.273 e. The third-order valence-corrected chi connectivity index (χ3v) is 4.95. The maximum atomic E-state index is 13.0. The lowest BCUT2D eigenvalue weighted by Crippen LogP contribution is -2.33. The van der Waals surface area contributed by atoms with Crippen LogP contribution in [0.2, 0.25) is 0 Å². The fourth-order valence-electron chi connectivity index (χ4n) is 2.63. The van der Waals surface area contributed by atoms with Gasteiger partial charge in [-0.3, -0.25) is 9.59 Å². The van der Waals surface area contributed by atoms with E-state index in [1.165, 1.54) is 34.6 Å². The molecule has 0 radical (unpaired) electrons. The summed E-state index contributed by atoms with van der Waals surface area (Å²) in [6.45, 7) is 1.41. The van der Waals surface area contributed by atoms with Gasteiger partial charge >= 0.3 is 0 Å². The molecule has 1 aliphatic rings. The number of hydrazone groups is 1. The van der Waals surface area contributed by atoms with Crippen LogP contribution in [0, 0.1) is 0 Å². The summed E-state index contributed by atoms with van der Waals surface area (Å²) in [5.74, 6) is -0.279. The molecule has 1 aliphatic heterocycles. The van der Waals surface area contributed by atoms with Crippen LogP contribution < -0.4 is 10.6 Å². The lowest BCUT2D eigenvalue weighted by molar-refractivity contribution is -0.116. The molecule has 2 heterocycles. The number of carbonyl (C=O) groups is 1. The van der Waals surface area contributed by atoms with Crippen molar-refractivity contribution < 1.29 is 4.79 Å². The Hall–Kier alpha value is -3.19. The molecule has 0 fully saturated rings. The maximum absolute atomic E-state index is 13.0. The average Bonchev–Trinajstić information content (AvgIpc) is 2.69. The molecule has 3 aromatic rings. The van der Waals surface area contributed by atoms with Crippen LogP contribution in [0.5, 0.6) is 0 Å². The zero-order valence-electron chi connectivity index (χ0n) is 13.9. The molecule has 0 unspecified atom stereocenters. The number of amides is 1. The van der Waals surface area contributed by atoms with Crippen molar-refractivity contribution in [2.75, 3.05) is 5.01 Å². The Bertz CT molecular complexity index is 1060. The van der Waals surface area contributed by atoms with Gasteiger partial charge in [0.15, 0.2) is 0 Å². The van der Waals surface area contributed by atoms with E-state index in [1.54, 1.807) is 0 Å². The molecule has 0 N–H and O–H groups in total. The number of para-hydroxylation sites is 1. The quantitative estimate of drug-likeness (QED) is 0.703. The molecule has 4 rings (SSSR count). The van der Waals surface area contributed by atoms with Gasteiger partial charge in [0.2, 0.25) is 5.91 Å². The molecule has 7 heteroatoms. The molecule has 0 aliphatic carbocycles. The number of thioether (sulfide) groups is 1. The van der Waals surface area contributed by atoms with Crippen LogP contribution in [0.3, 0.4) is 0 Å². The van der Waals surface area contributed by atoms with E-state index in [1.807, 2.05) is 60.7 Å². The molecule has 0 atom stereocenters. The van der Waals surface area contributed by atoms with Crippen LogP contribution >= 0.6 is 11.8 Å². The summed E-state index contributed by atoms with van der Waals surface area (Å²) in [6, 6.07) is 18.6. The van der Waals surface area contributed by atoms with Crippen LogP contribution in [-0.2, 0) is 4.79 Å². The third kappa shape index (κ3) is 2.82. The maximum Gasteiger partial charge on any atom is 0.287 e. The molecule has 0 saturated carbocycles. The number of nitrogens with zero attached hydrogens (tertiary/aromatic N) is 4. The fourth-order valence-corrected chi connectivity index (χ4v) is 3.62. The lowest BCUT2D eigenvalue weighted by Gasteiger charge is -2.24. The zero-order valence-corrected chi connectivity index (χ0v) is 14.7. The summed E-state index contributed by atoms with van der Waals surface area (Å²) in [7, 11) is 0. The first-order chi connectivity index (χ1) is 12.6. The van der Waals surface area contributed by atoms with Crippen molar-refractivity contribution in [1.82, 2.24) is 9.78 Å². The average molecular weight is 362 g/mol. The van der Waals surface area contributed by atoms with Gasteiger partial charge in [0.25, 0.3) is 5.56 Å². The predicted octanol–water partition coefficient (Wildman–Crippen LogP) is 3.05. The van der Waals surface area contributed by atoms with Gasteiger partial charge in [-0.15, -0.1) is 0 Å². The van der Waals surface area contributed by atoms with Crippen LogP contribution in [-0.4, -0.2) is 20.7 Å². The molecule has 1 aromatic heterocycles. The van der Waals surface area contributed by atoms with Gasteiger partial charge in [0.1, 0.15) is 15.6 Å². The van der Waals surface area contributed by atoms with E-state index >= 15 is 0 Å². The van der Waals surface area contributed by atoms with Crippen molar-refractivity contribution in [3.8, 4) is 5.69 Å². The Morgan fingerprint density at radius 3 is 2.31 bits per heavy atom. The van der Waals surface area contributed by atoms with E-state index in [0.29, 0.717) is 21.3 Å². The van der Waals surface area contributed by atoms with Gasteiger partial charge < -0.3 is 0 Å². The number of anilines is 1. The Balaban J connectivity index is 1.87. The number of aromatic nitrogens is 2. The summed E-state index contributed by atoms with van der Waals surface area (Å²) < 4.78 is 1.33. The highest BCUT2D eigenvalue weighted by Gasteiger charge is 2.27. The first kappa shape index (κ1) is 16.3. The van der Waals surface area contributed by atoms with E-state index in [0.717, 1.165) is 5.56 Å². The summed E-state index contributed by atoms with van der Waals surface area (Å²) >= 11 is 1.25. The normalized spacial score (nSPS) is 13.1. The van der Waals surface area contributed by atoms with Gasteiger partial charge in [0, 0.05) is 12.5 Å². The third-order valence-electron chi connectivity index (χ3n) is 3.85. The summed E-state index contributed by atoms with van der Waals surface area (Å²) in [6.07, 6.45) is 1.50. The van der Waals surface area contributed by atoms with Crippen LogP contribution in [0.4, 0.5) is 5.69 Å². The van der Waals surface area contributed by atoms with Crippen molar-refractivity contribution in [3.63, 3.8) is 0 Å². The zero-order chi connectivity index (χ0) is 18.1. The van der Waals surface area contributed by atoms with E-state index in [2.05, 4.69) is 10.2 Å². The number of benzene rings is 2. The monoisotopic (exact) mass is 362 g/mol. The second-order valence-electron chi connectivity index (χ2n) is 5.62. The number of carbonyl (C=O) groups excluding carboxylic acids is 1. The molecule has 1 amide bonds. The van der Waals surface area contributed by atoms with Gasteiger partial charge in [-0.25, -0.2) is 0 Å². The van der Waals surface area contributed by atoms with E-state index in [9.17, 15) is 9.59 Å². The van der Waals surface area contributed by atoms with Crippen LogP contribution in [0.1, 0.15) is 12.5 Å². The molecule has 2 aromatic carbocycles. The lowest BCUT2D eigenvalue weighted by atomic mass is 10.2. The van der Waals surface area contributed by atoms with Crippen LogP contribution in [0.25, 0.3) is 5.69 Å². The number of rotatable bonds is 2. The van der Waals surface area contributed by atoms with Crippen LogP contribution in [0.15, 0.2) is 81.7 Å². The highest BCUT2D eigenvalue weighted by atomic mass is 32.2. The van der Waals surface area contributed by atoms with Crippen molar-refractivity contribution >= 4 is 28.4 Å². The molecule has 0 bridgehead atoms. The SMILES string of the molecule is CC(=O)N1N=C(c2ccccc2)Sc2c1cnn(-c1ccccc1)c2=O. The first-order valence-corrected chi connectivity index (χ1v) is 8.77. The molecule has 128 valence electrons. The molecule has 0 spiro atoms. The van der Waals surface area contributed by atoms with Crippen molar-refractivity contribution in [2.24, 2.45) is 5.10 Å². The second kappa shape index (κ2) is 6.61. The fraction of sp³-hybridized carbons (Fsp3) is 0.0526. The number of hydrogen-bond donors (Lipinski definition) is 0. The van der Waals surface area contributed by atoms with Gasteiger partial charge in [-0.05, 0) is 12.1 Å². The van der Waals surface area contributed by atoms with Gasteiger partial charge in [-0.1, -0.05) is 60.3 Å². The predicted molar refractivity (Wildman–Crippen MR) is 102 cm³/mol. The van der Waals surface area contributed by atoms with E-state index < -0.39 is 0 Å². The van der Waals surface area contributed by atoms with Gasteiger partial charge in [0.05, 0.1) is 11.9 Å². The summed E-state index contributed by atoms with van der Waals surface area (Å²) in [5, 5.41) is 10.5. The van der Waals surface area contributed by atoms with E-state index in [-0.39, 0.29) is 11.5 Å². The minimum atomic E-state index is -0.284.